The van der Waals surface area contributed by atoms with Gasteiger partial charge < -0.3 is 15.4 Å². The minimum Gasteiger partial charge on any atom is -0.377 e. The molecule has 1 saturated carbocycles. The SMILES string of the molecule is CN=C(NCC1C2Cc3ccccc3C12)NC1CCc2nc(COC)nn2C1. The lowest BCUT2D eigenvalue weighted by atomic mass is 10.0. The molecule has 1 aromatic heterocycles. The zero-order valence-electron chi connectivity index (χ0n) is 16.6. The number of guanidine groups is 1. The first-order valence-electron chi connectivity index (χ1n) is 10.2. The Morgan fingerprint density at radius 2 is 2.25 bits per heavy atom. The second kappa shape index (κ2) is 7.20. The molecule has 1 aliphatic heterocycles. The number of nitrogens with one attached hydrogen (secondary N) is 2. The number of methoxy groups -OCH3 is 1. The molecule has 0 spiro atoms. The summed E-state index contributed by atoms with van der Waals surface area (Å²) in [5.41, 5.74) is 3.12. The van der Waals surface area contributed by atoms with Crippen molar-refractivity contribution in [1.29, 1.82) is 0 Å². The van der Waals surface area contributed by atoms with E-state index in [2.05, 4.69) is 50.0 Å². The normalized spacial score (nSPS) is 27.7. The first-order valence-corrected chi connectivity index (χ1v) is 10.2. The van der Waals surface area contributed by atoms with E-state index in [-0.39, 0.29) is 0 Å². The minimum atomic E-state index is 0.315. The highest BCUT2D eigenvalue weighted by Gasteiger charge is 2.54. The Labute approximate surface area is 165 Å². The maximum Gasteiger partial charge on any atom is 0.191 e. The number of benzene rings is 1. The monoisotopic (exact) mass is 380 g/mol. The Morgan fingerprint density at radius 1 is 1.36 bits per heavy atom. The number of aliphatic imine (C=N–C) groups is 1. The zero-order valence-corrected chi connectivity index (χ0v) is 16.6. The number of hydrogen-bond acceptors (Lipinski definition) is 4. The number of aromatic nitrogens is 3. The molecular formula is C21H28N6O. The highest BCUT2D eigenvalue weighted by atomic mass is 16.5. The molecule has 0 amide bonds. The summed E-state index contributed by atoms with van der Waals surface area (Å²) in [6, 6.07) is 9.24. The Bertz CT molecular complexity index is 891. The molecule has 0 radical (unpaired) electrons. The van der Waals surface area contributed by atoms with Crippen LogP contribution in [0.15, 0.2) is 29.3 Å². The molecule has 1 fully saturated rings. The van der Waals surface area contributed by atoms with Gasteiger partial charge in [-0.1, -0.05) is 24.3 Å². The lowest BCUT2D eigenvalue weighted by Crippen LogP contribution is -2.47. The zero-order chi connectivity index (χ0) is 19.1. The van der Waals surface area contributed by atoms with Crippen LogP contribution in [0.5, 0.6) is 0 Å². The number of aryl methyl sites for hydroxylation is 1. The molecule has 0 bridgehead atoms. The Morgan fingerprint density at radius 3 is 3.11 bits per heavy atom. The summed E-state index contributed by atoms with van der Waals surface area (Å²) < 4.78 is 7.15. The fourth-order valence-electron chi connectivity index (χ4n) is 5.03. The van der Waals surface area contributed by atoms with Gasteiger partial charge >= 0.3 is 0 Å². The average Bonchev–Trinajstić information content (AvgIpc) is 3.05. The standard InChI is InChI=1S/C21H28N6O/c1-22-21(23-10-17-16-9-13-5-3-4-6-15(13)20(16)17)24-14-7-8-19-25-18(12-28-2)26-27(19)11-14/h3-6,14,16-17,20H,7-12H2,1-2H3,(H2,22,23,24). The van der Waals surface area contributed by atoms with E-state index in [0.29, 0.717) is 12.6 Å². The third kappa shape index (κ3) is 3.17. The van der Waals surface area contributed by atoms with E-state index in [0.717, 1.165) is 61.3 Å². The molecular weight excluding hydrogens is 352 g/mol. The molecule has 2 N–H and O–H groups in total. The molecule has 1 aromatic carbocycles. The highest BCUT2D eigenvalue weighted by molar-refractivity contribution is 5.80. The van der Waals surface area contributed by atoms with Crippen LogP contribution in [0.25, 0.3) is 0 Å². The lowest BCUT2D eigenvalue weighted by molar-refractivity contribution is 0.177. The molecule has 5 rings (SSSR count). The number of nitrogens with zero attached hydrogens (tertiary/aromatic N) is 4. The second-order valence-electron chi connectivity index (χ2n) is 8.15. The smallest absolute Gasteiger partial charge is 0.191 e. The number of hydrogen-bond donors (Lipinski definition) is 2. The summed E-state index contributed by atoms with van der Waals surface area (Å²) in [5.74, 6) is 5.00. The third-order valence-electron chi connectivity index (χ3n) is 6.45. The fraction of sp³-hybridized carbons (Fsp3) is 0.571. The van der Waals surface area contributed by atoms with Crippen molar-refractivity contribution in [2.45, 2.75) is 44.4 Å². The van der Waals surface area contributed by atoms with E-state index >= 15 is 0 Å². The number of rotatable bonds is 5. The summed E-state index contributed by atoms with van der Waals surface area (Å²) in [5, 5.41) is 11.7. The van der Waals surface area contributed by atoms with Crippen molar-refractivity contribution < 1.29 is 4.74 Å². The van der Waals surface area contributed by atoms with Gasteiger partial charge in [0.25, 0.3) is 0 Å². The quantitative estimate of drug-likeness (QED) is 0.607. The molecule has 28 heavy (non-hydrogen) atoms. The van der Waals surface area contributed by atoms with Gasteiger partial charge in [-0.15, -0.1) is 0 Å². The molecule has 4 unspecified atom stereocenters. The topological polar surface area (TPSA) is 76.4 Å². The summed E-state index contributed by atoms with van der Waals surface area (Å²) in [6.07, 6.45) is 3.20. The molecule has 3 aliphatic rings. The van der Waals surface area contributed by atoms with Gasteiger partial charge in [-0.05, 0) is 41.7 Å². The Hall–Kier alpha value is -2.41. The van der Waals surface area contributed by atoms with Gasteiger partial charge in [-0.3, -0.25) is 4.99 Å². The van der Waals surface area contributed by atoms with Gasteiger partial charge in [0.2, 0.25) is 0 Å². The molecule has 2 aliphatic carbocycles. The summed E-state index contributed by atoms with van der Waals surface area (Å²) >= 11 is 0. The van der Waals surface area contributed by atoms with Crippen molar-refractivity contribution in [3.63, 3.8) is 0 Å². The lowest BCUT2D eigenvalue weighted by Gasteiger charge is -2.25. The molecule has 0 saturated heterocycles. The summed E-state index contributed by atoms with van der Waals surface area (Å²) in [7, 11) is 3.52. The van der Waals surface area contributed by atoms with E-state index < -0.39 is 0 Å². The van der Waals surface area contributed by atoms with Crippen molar-refractivity contribution >= 4 is 5.96 Å². The van der Waals surface area contributed by atoms with Crippen LogP contribution in [0.4, 0.5) is 0 Å². The molecule has 2 heterocycles. The van der Waals surface area contributed by atoms with Crippen molar-refractivity contribution in [3.05, 3.63) is 47.0 Å². The predicted octanol–water partition coefficient (Wildman–Crippen LogP) is 1.49. The van der Waals surface area contributed by atoms with Crippen LogP contribution in [-0.4, -0.2) is 47.5 Å². The van der Waals surface area contributed by atoms with Crippen molar-refractivity contribution in [2.75, 3.05) is 20.7 Å². The Balaban J connectivity index is 1.14. The molecule has 7 nitrogen and oxygen atoms in total. The maximum absolute atomic E-state index is 5.14. The minimum absolute atomic E-state index is 0.315. The molecule has 148 valence electrons. The summed E-state index contributed by atoms with van der Waals surface area (Å²) in [6.45, 7) is 2.27. The highest BCUT2D eigenvalue weighted by Crippen LogP contribution is 2.60. The number of ether oxygens (including phenoxy) is 1. The fourth-order valence-corrected chi connectivity index (χ4v) is 5.03. The Kier molecular flexibility index (Phi) is 4.55. The van der Waals surface area contributed by atoms with Crippen LogP contribution in [0, 0.1) is 11.8 Å². The van der Waals surface area contributed by atoms with Crippen LogP contribution >= 0.6 is 0 Å². The van der Waals surface area contributed by atoms with Crippen LogP contribution < -0.4 is 10.6 Å². The summed E-state index contributed by atoms with van der Waals surface area (Å²) in [4.78, 5) is 8.99. The van der Waals surface area contributed by atoms with Crippen LogP contribution in [0.1, 0.15) is 35.1 Å². The molecule has 4 atom stereocenters. The largest absolute Gasteiger partial charge is 0.377 e. The average molecular weight is 380 g/mol. The van der Waals surface area contributed by atoms with Gasteiger partial charge in [0, 0.05) is 33.2 Å². The van der Waals surface area contributed by atoms with Crippen molar-refractivity contribution in [3.8, 4) is 0 Å². The van der Waals surface area contributed by atoms with Crippen molar-refractivity contribution in [1.82, 2.24) is 25.4 Å². The van der Waals surface area contributed by atoms with Crippen LogP contribution in [-0.2, 0) is 30.7 Å². The number of fused-ring (bicyclic) bond motifs is 4. The molecule has 7 heteroatoms. The second-order valence-corrected chi connectivity index (χ2v) is 8.15. The predicted molar refractivity (Wildman–Crippen MR) is 107 cm³/mol. The van der Waals surface area contributed by atoms with Gasteiger partial charge in [0.15, 0.2) is 11.8 Å². The first kappa shape index (κ1) is 17.7. The van der Waals surface area contributed by atoms with E-state index in [1.165, 1.54) is 6.42 Å². The van der Waals surface area contributed by atoms with Gasteiger partial charge in [-0.25, -0.2) is 9.67 Å². The van der Waals surface area contributed by atoms with E-state index in [9.17, 15) is 0 Å². The van der Waals surface area contributed by atoms with Crippen LogP contribution in [0.2, 0.25) is 0 Å². The maximum atomic E-state index is 5.14. The van der Waals surface area contributed by atoms with E-state index in [1.807, 2.05) is 11.7 Å². The van der Waals surface area contributed by atoms with Gasteiger partial charge in [-0.2, -0.15) is 5.10 Å². The van der Waals surface area contributed by atoms with Crippen LogP contribution in [0.3, 0.4) is 0 Å². The molecule has 2 aromatic rings. The van der Waals surface area contributed by atoms with E-state index in [1.54, 1.807) is 18.2 Å². The van der Waals surface area contributed by atoms with Crippen molar-refractivity contribution in [2.24, 2.45) is 16.8 Å². The third-order valence-corrected chi connectivity index (χ3v) is 6.45. The van der Waals surface area contributed by atoms with E-state index in [4.69, 9.17) is 4.74 Å². The van der Waals surface area contributed by atoms with Gasteiger partial charge in [0.1, 0.15) is 12.4 Å². The first-order chi connectivity index (χ1) is 13.8. The van der Waals surface area contributed by atoms with Gasteiger partial charge in [0.05, 0.1) is 6.54 Å².